The minimum absolute atomic E-state index is 0. The van der Waals surface area contributed by atoms with Gasteiger partial charge in [0.15, 0.2) is 6.67 Å². The predicted molar refractivity (Wildman–Crippen MR) is 81.2 cm³/mol. The first-order valence-corrected chi connectivity index (χ1v) is 4.24. The van der Waals surface area contributed by atoms with Crippen molar-refractivity contribution in [3.63, 3.8) is 0 Å². The summed E-state index contributed by atoms with van der Waals surface area (Å²) in [6.45, 7) is 1.74. The van der Waals surface area contributed by atoms with Crippen LogP contribution in [0.5, 0.6) is 0 Å². The highest BCUT2D eigenvalue weighted by Gasteiger charge is 1.94. The summed E-state index contributed by atoms with van der Waals surface area (Å²) >= 11 is 0. The molecule has 0 fully saturated rings. The van der Waals surface area contributed by atoms with Gasteiger partial charge >= 0.3 is 6.09 Å². The number of hydrogen-bond acceptors (Lipinski definition) is 8. The highest BCUT2D eigenvalue weighted by atomic mass is 16.5. The van der Waals surface area contributed by atoms with E-state index in [2.05, 4.69) is 25.0 Å². The molecular formula is C12H26N4O5. The summed E-state index contributed by atoms with van der Waals surface area (Å²) in [5.41, 5.74) is 0. The number of hydrogen-bond donors (Lipinski definition) is 1. The molecule has 0 saturated heterocycles. The smallest absolute Gasteiger partial charge is 0.408 e. The van der Waals surface area contributed by atoms with Crippen molar-refractivity contribution in [1.29, 1.82) is 0 Å². The van der Waals surface area contributed by atoms with Gasteiger partial charge in [-0.15, -0.1) is 0 Å². The minimum Gasteiger partial charge on any atom is -0.450 e. The van der Waals surface area contributed by atoms with Gasteiger partial charge in [-0.25, -0.2) is 19.2 Å². The Morgan fingerprint density at radius 2 is 1.38 bits per heavy atom. The van der Waals surface area contributed by atoms with E-state index >= 15 is 0 Å². The first-order valence-electron chi connectivity index (χ1n) is 4.24. The van der Waals surface area contributed by atoms with Crippen LogP contribution >= 0.6 is 0 Å². The maximum absolute atomic E-state index is 10.4. The second kappa shape index (κ2) is 36.0. The Morgan fingerprint density at radius 3 is 1.71 bits per heavy atom. The Morgan fingerprint density at radius 1 is 0.952 bits per heavy atom. The van der Waals surface area contributed by atoms with Crippen molar-refractivity contribution in [2.24, 2.45) is 15.0 Å². The third-order valence-electron chi connectivity index (χ3n) is 0.913. The van der Waals surface area contributed by atoms with E-state index in [9.17, 15) is 19.2 Å². The van der Waals surface area contributed by atoms with Crippen LogP contribution in [0.15, 0.2) is 15.0 Å². The molecular weight excluding hydrogens is 280 g/mol. The Kier molecular flexibility index (Phi) is 62.1. The van der Waals surface area contributed by atoms with Crippen LogP contribution in [0.1, 0.15) is 36.6 Å². The largest absolute Gasteiger partial charge is 0.450 e. The van der Waals surface area contributed by atoms with Crippen molar-refractivity contribution in [3.8, 4) is 0 Å². The second-order valence-electron chi connectivity index (χ2n) is 1.94. The molecule has 0 aliphatic rings. The van der Waals surface area contributed by atoms with Gasteiger partial charge in [-0.3, -0.25) is 0 Å². The molecule has 0 aromatic heterocycles. The second-order valence-corrected chi connectivity index (χ2v) is 1.94. The number of nitrogens with one attached hydrogen (secondary N) is 1. The van der Waals surface area contributed by atoms with Gasteiger partial charge in [-0.1, -0.05) is 29.7 Å². The fourth-order valence-corrected chi connectivity index (χ4v) is 0.412. The molecule has 0 unspecified atom stereocenters. The van der Waals surface area contributed by atoms with Crippen LogP contribution in [-0.2, 0) is 19.1 Å². The van der Waals surface area contributed by atoms with Crippen LogP contribution < -0.4 is 5.32 Å². The lowest BCUT2D eigenvalue weighted by Crippen LogP contribution is -2.24. The monoisotopic (exact) mass is 306 g/mol. The third-order valence-corrected chi connectivity index (χ3v) is 0.913. The zero-order valence-electron chi connectivity index (χ0n) is 9.00. The highest BCUT2D eigenvalue weighted by molar-refractivity contribution is 5.67. The average Bonchev–Trinajstić information content (AvgIpc) is 2.31. The van der Waals surface area contributed by atoms with Gasteiger partial charge in [-0.2, -0.15) is 15.0 Å². The number of carbonyl (C=O) groups excluding carboxylic acids is 4. The molecule has 0 radical (unpaired) electrons. The number of carbonyl (C=O) groups is 1. The molecule has 1 N–H and O–H groups in total. The van der Waals surface area contributed by atoms with Gasteiger partial charge in [0, 0.05) is 0 Å². The fraction of sp³-hybridized carbons (Fsp3) is 0.667. The number of rotatable bonds is 5. The summed E-state index contributed by atoms with van der Waals surface area (Å²) in [6, 6.07) is 0. The zero-order valence-corrected chi connectivity index (χ0v) is 9.00. The Bertz CT molecular complexity index is 339. The van der Waals surface area contributed by atoms with Crippen LogP contribution in [0.4, 0.5) is 4.79 Å². The van der Waals surface area contributed by atoms with E-state index in [1.807, 2.05) is 0 Å². The highest BCUT2D eigenvalue weighted by Crippen LogP contribution is 1.74. The normalized spacial score (nSPS) is 5.57. The van der Waals surface area contributed by atoms with E-state index in [-0.39, 0.29) is 43.0 Å². The van der Waals surface area contributed by atoms with Crippen LogP contribution in [-0.4, -0.2) is 44.3 Å². The maximum atomic E-state index is 10.4. The summed E-state index contributed by atoms with van der Waals surface area (Å²) in [4.78, 5) is 47.2. The molecule has 0 atom stereocenters. The molecule has 0 aromatic carbocycles. The van der Waals surface area contributed by atoms with E-state index < -0.39 is 6.09 Å². The molecule has 9 heteroatoms. The SMILES string of the molecule is C.C.C.C.CCOC(=O)NCN=C=O.O=C=NCN=C=O. The van der Waals surface area contributed by atoms with Crippen LogP contribution in [0.25, 0.3) is 0 Å². The quantitative estimate of drug-likeness (QED) is 0.615. The lowest BCUT2D eigenvalue weighted by Gasteiger charge is -1.99. The average molecular weight is 306 g/mol. The Hall–Kier alpha value is -2.59. The van der Waals surface area contributed by atoms with Crippen LogP contribution in [0.2, 0.25) is 0 Å². The number of amides is 1. The van der Waals surface area contributed by atoms with Crippen molar-refractivity contribution in [2.45, 2.75) is 36.6 Å². The van der Waals surface area contributed by atoms with Gasteiger partial charge < -0.3 is 10.1 Å². The van der Waals surface area contributed by atoms with E-state index in [1.165, 1.54) is 18.2 Å². The standard InChI is InChI=1S/C5H8N2O3.C3H2N2O2.4CH4/c1-2-10-5(9)7-3-6-4-8;6-2-4-1-5-3-7;;;;/h2-3H2,1H3,(H,7,9);1H2;4*1H4. The molecule has 0 heterocycles. The van der Waals surface area contributed by atoms with E-state index in [0.717, 1.165) is 0 Å². The number of aliphatic imine (C=N–C) groups is 3. The Labute approximate surface area is 126 Å². The summed E-state index contributed by atoms with van der Waals surface area (Å²) in [5, 5.41) is 2.19. The molecule has 0 aromatic rings. The molecule has 124 valence electrons. The number of alkyl carbamates (subject to hydrolysis) is 1. The van der Waals surface area contributed by atoms with Crippen molar-refractivity contribution in [2.75, 3.05) is 19.9 Å². The van der Waals surface area contributed by atoms with E-state index in [1.54, 1.807) is 6.92 Å². The van der Waals surface area contributed by atoms with Crippen molar-refractivity contribution in [3.05, 3.63) is 0 Å². The topological polar surface area (TPSA) is 127 Å². The lowest BCUT2D eigenvalue weighted by molar-refractivity contribution is 0.152. The van der Waals surface area contributed by atoms with Gasteiger partial charge in [-0.05, 0) is 6.92 Å². The number of isocyanates is 3. The first-order chi connectivity index (χ1) is 8.22. The molecule has 0 bridgehead atoms. The summed E-state index contributed by atoms with van der Waals surface area (Å²) in [7, 11) is 0. The summed E-state index contributed by atoms with van der Waals surface area (Å²) < 4.78 is 4.45. The third kappa shape index (κ3) is 46.7. The van der Waals surface area contributed by atoms with Crippen LogP contribution in [0, 0.1) is 0 Å². The number of nitrogens with zero attached hydrogens (tertiary/aromatic N) is 3. The summed E-state index contributed by atoms with van der Waals surface area (Å²) in [6.07, 6.45) is 3.10. The van der Waals surface area contributed by atoms with Gasteiger partial charge in [0.2, 0.25) is 18.2 Å². The van der Waals surface area contributed by atoms with Crippen molar-refractivity contribution >= 4 is 24.3 Å². The molecule has 1 amide bonds. The van der Waals surface area contributed by atoms with Gasteiger partial charge in [0.05, 0.1) is 6.61 Å². The van der Waals surface area contributed by atoms with Crippen LogP contribution in [0.3, 0.4) is 0 Å². The van der Waals surface area contributed by atoms with E-state index in [0.29, 0.717) is 6.61 Å². The fourth-order valence-electron chi connectivity index (χ4n) is 0.412. The molecule has 0 aliphatic carbocycles. The first kappa shape index (κ1) is 36.2. The molecule has 0 rings (SSSR count). The number of ether oxygens (including phenoxy) is 1. The molecule has 21 heavy (non-hydrogen) atoms. The molecule has 0 spiro atoms. The van der Waals surface area contributed by atoms with Gasteiger partial charge in [0.25, 0.3) is 0 Å². The predicted octanol–water partition coefficient (Wildman–Crippen LogP) is 2.19. The van der Waals surface area contributed by atoms with Gasteiger partial charge in [0.1, 0.15) is 6.67 Å². The minimum atomic E-state index is -0.582. The Balaban J connectivity index is -0.0000000468. The maximum Gasteiger partial charge on any atom is 0.408 e. The van der Waals surface area contributed by atoms with Crippen molar-refractivity contribution in [1.82, 2.24) is 5.32 Å². The van der Waals surface area contributed by atoms with E-state index in [4.69, 9.17) is 0 Å². The lowest BCUT2D eigenvalue weighted by atomic mass is 10.8. The summed E-state index contributed by atoms with van der Waals surface area (Å²) in [5.74, 6) is 0. The molecule has 9 nitrogen and oxygen atoms in total. The molecule has 0 aliphatic heterocycles. The molecule has 0 saturated carbocycles. The zero-order chi connectivity index (χ0) is 13.4. The van der Waals surface area contributed by atoms with Crippen molar-refractivity contribution < 1.29 is 23.9 Å².